The Hall–Kier alpha value is -2.61. The Morgan fingerprint density at radius 2 is 2.17 bits per heavy atom. The van der Waals surface area contributed by atoms with Crippen molar-refractivity contribution in [3.05, 3.63) is 41.6 Å². The smallest absolute Gasteiger partial charge is 0.331 e. The molecular formula is C16H18N4O3S. The molecule has 3 rings (SSSR count). The highest BCUT2D eigenvalue weighted by atomic mass is 32.2. The molecule has 1 aliphatic rings. The number of nitrogens with one attached hydrogen (secondary N) is 3. The highest BCUT2D eigenvalue weighted by molar-refractivity contribution is 7.72. The number of amides is 2. The summed E-state index contributed by atoms with van der Waals surface area (Å²) >= 11 is 0. The molecule has 0 spiro atoms. The van der Waals surface area contributed by atoms with Crippen molar-refractivity contribution in [1.29, 1.82) is 4.78 Å². The summed E-state index contributed by atoms with van der Waals surface area (Å²) in [5, 5.41) is 2.76. The molecule has 24 heavy (non-hydrogen) atoms. The zero-order chi connectivity index (χ0) is 17.1. The van der Waals surface area contributed by atoms with Crippen LogP contribution in [0.15, 0.2) is 30.5 Å². The quantitative estimate of drug-likeness (QED) is 0.639. The van der Waals surface area contributed by atoms with Crippen molar-refractivity contribution in [1.82, 2.24) is 9.71 Å². The first-order chi connectivity index (χ1) is 11.6. The number of methoxy groups -OCH3 is 1. The van der Waals surface area contributed by atoms with Crippen molar-refractivity contribution in [3.63, 3.8) is 0 Å². The molecule has 126 valence electrons. The second kappa shape index (κ2) is 6.88. The van der Waals surface area contributed by atoms with Gasteiger partial charge in [-0.25, -0.2) is 18.8 Å². The molecule has 8 heteroatoms. The predicted octanol–water partition coefficient (Wildman–Crippen LogP) is 2.53. The van der Waals surface area contributed by atoms with Crippen LogP contribution in [0, 0.1) is 4.78 Å². The number of ether oxygens (including phenoxy) is 1. The lowest BCUT2D eigenvalue weighted by Gasteiger charge is -2.16. The average Bonchev–Trinajstić information content (AvgIpc) is 3.03. The number of carbonyl (C=O) groups excluding carboxylic acids is 1. The number of aryl methyl sites for hydroxylation is 1. The molecule has 1 aromatic carbocycles. The number of nitrogens with zero attached hydrogens (tertiary/aromatic N) is 1. The van der Waals surface area contributed by atoms with Gasteiger partial charge in [0.2, 0.25) is 5.88 Å². The number of carbonyl (C=O) groups is 1. The summed E-state index contributed by atoms with van der Waals surface area (Å²) in [6, 6.07) is 7.01. The second-order valence-corrected chi connectivity index (χ2v) is 6.24. The van der Waals surface area contributed by atoms with Crippen molar-refractivity contribution >= 4 is 22.5 Å². The first-order valence-corrected chi connectivity index (χ1v) is 8.75. The van der Waals surface area contributed by atoms with Crippen LogP contribution in [0.4, 0.5) is 10.5 Å². The van der Waals surface area contributed by atoms with Crippen LogP contribution in [-0.4, -0.2) is 22.3 Å². The minimum Gasteiger partial charge on any atom is -0.481 e. The molecule has 1 atom stereocenters. The number of urea groups is 1. The number of hydrogen-bond acceptors (Lipinski definition) is 5. The van der Waals surface area contributed by atoms with Crippen molar-refractivity contribution in [2.45, 2.75) is 19.3 Å². The SMILES string of the molecule is COc1cc(-c2ccc3c(c2NC(=O)N[SH](=N)=O)CCC3)ccn1. The van der Waals surface area contributed by atoms with Crippen molar-refractivity contribution < 1.29 is 13.7 Å². The van der Waals surface area contributed by atoms with Crippen LogP contribution >= 0.6 is 0 Å². The fourth-order valence-electron chi connectivity index (χ4n) is 2.97. The fourth-order valence-corrected chi connectivity index (χ4v) is 3.21. The van der Waals surface area contributed by atoms with Gasteiger partial charge in [0.25, 0.3) is 0 Å². The zero-order valence-electron chi connectivity index (χ0n) is 13.1. The van der Waals surface area contributed by atoms with Crippen LogP contribution in [0.2, 0.25) is 0 Å². The summed E-state index contributed by atoms with van der Waals surface area (Å²) in [7, 11) is -0.958. The van der Waals surface area contributed by atoms with E-state index in [4.69, 9.17) is 9.52 Å². The summed E-state index contributed by atoms with van der Waals surface area (Å²) in [5.41, 5.74) is 4.67. The normalized spacial score (nSPS) is 13.9. The molecule has 0 saturated carbocycles. The van der Waals surface area contributed by atoms with Crippen molar-refractivity contribution in [2.24, 2.45) is 0 Å². The number of anilines is 1. The topological polar surface area (TPSA) is 104 Å². The molecule has 2 amide bonds. The van der Waals surface area contributed by atoms with E-state index in [9.17, 15) is 9.00 Å². The van der Waals surface area contributed by atoms with Gasteiger partial charge in [0, 0.05) is 17.8 Å². The molecule has 3 N–H and O–H groups in total. The highest BCUT2D eigenvalue weighted by Gasteiger charge is 2.20. The Morgan fingerprint density at radius 3 is 2.92 bits per heavy atom. The summed E-state index contributed by atoms with van der Waals surface area (Å²) < 4.78 is 25.2. The van der Waals surface area contributed by atoms with Gasteiger partial charge in [0.05, 0.1) is 12.8 Å². The van der Waals surface area contributed by atoms with Crippen molar-refractivity contribution in [2.75, 3.05) is 12.4 Å². The summed E-state index contributed by atoms with van der Waals surface area (Å²) in [6.45, 7) is 0. The number of aromatic nitrogens is 1. The number of hydrogen-bond donors (Lipinski definition) is 4. The third-order valence-corrected chi connectivity index (χ3v) is 4.39. The van der Waals surface area contributed by atoms with Crippen LogP contribution in [0.25, 0.3) is 11.1 Å². The molecule has 0 saturated heterocycles. The first-order valence-electron chi connectivity index (χ1n) is 7.50. The number of rotatable bonds is 4. The van der Waals surface area contributed by atoms with E-state index in [-0.39, 0.29) is 0 Å². The molecule has 1 aliphatic carbocycles. The predicted molar refractivity (Wildman–Crippen MR) is 92.7 cm³/mol. The summed E-state index contributed by atoms with van der Waals surface area (Å²) in [4.78, 5) is 16.1. The average molecular weight is 346 g/mol. The van der Waals surface area contributed by atoms with Crippen LogP contribution in [0.5, 0.6) is 5.88 Å². The molecule has 7 nitrogen and oxygen atoms in total. The fraction of sp³-hybridized carbons (Fsp3) is 0.250. The van der Waals surface area contributed by atoms with E-state index in [1.54, 1.807) is 19.4 Å². The maximum absolute atomic E-state index is 12.0. The van der Waals surface area contributed by atoms with E-state index in [2.05, 4.69) is 21.1 Å². The summed E-state index contributed by atoms with van der Waals surface area (Å²) in [5.74, 6) is 0.484. The van der Waals surface area contributed by atoms with Gasteiger partial charge >= 0.3 is 6.03 Å². The second-order valence-electron chi connectivity index (χ2n) is 5.43. The molecule has 0 aliphatic heterocycles. The van der Waals surface area contributed by atoms with Crippen LogP contribution in [0.1, 0.15) is 17.5 Å². The highest BCUT2D eigenvalue weighted by Crippen LogP contribution is 2.38. The minimum atomic E-state index is -2.51. The molecular weight excluding hydrogens is 328 g/mol. The zero-order valence-corrected chi connectivity index (χ0v) is 14.0. The molecule has 1 heterocycles. The number of fused-ring (bicyclic) bond motifs is 1. The van der Waals surface area contributed by atoms with Gasteiger partial charge in [-0.2, -0.15) is 0 Å². The van der Waals surface area contributed by atoms with E-state index < -0.39 is 16.8 Å². The monoisotopic (exact) mass is 346 g/mol. The van der Waals surface area contributed by atoms with Gasteiger partial charge in [0.15, 0.2) is 0 Å². The Balaban J connectivity index is 2.07. The lowest BCUT2D eigenvalue weighted by molar-refractivity contribution is 0.257. The van der Waals surface area contributed by atoms with Gasteiger partial charge < -0.3 is 10.1 Å². The third kappa shape index (κ3) is 3.33. The Bertz CT molecular complexity index is 856. The lowest BCUT2D eigenvalue weighted by Crippen LogP contribution is -2.27. The van der Waals surface area contributed by atoms with Crippen molar-refractivity contribution in [3.8, 4) is 17.0 Å². The molecule has 2 aromatic rings. The molecule has 0 fully saturated rings. The maximum Gasteiger partial charge on any atom is 0.331 e. The van der Waals surface area contributed by atoms with Gasteiger partial charge in [-0.15, -0.1) is 0 Å². The number of pyridine rings is 1. The van der Waals surface area contributed by atoms with Gasteiger partial charge in [-0.1, -0.05) is 12.1 Å². The standard InChI is InChI=1S/C16H18N4O3S/c1-23-14-9-11(7-8-18-14)13-6-5-10-3-2-4-12(10)15(13)19-16(21)20-24(17)22/h5-9,24H,2-4H2,1H3,(H3,17,19,20,21,22). The first kappa shape index (κ1) is 16.3. The van der Waals surface area contributed by atoms with Crippen LogP contribution < -0.4 is 14.8 Å². The Kier molecular flexibility index (Phi) is 4.66. The third-order valence-electron chi connectivity index (χ3n) is 3.98. The van der Waals surface area contributed by atoms with Crippen LogP contribution in [-0.2, 0) is 23.6 Å². The maximum atomic E-state index is 12.0. The van der Waals surface area contributed by atoms with E-state index in [1.165, 1.54) is 5.56 Å². The molecule has 0 radical (unpaired) electrons. The van der Waals surface area contributed by atoms with E-state index in [0.717, 1.165) is 36.0 Å². The minimum absolute atomic E-state index is 0.484. The molecule has 0 bridgehead atoms. The van der Waals surface area contributed by atoms with E-state index in [1.807, 2.05) is 12.1 Å². The largest absolute Gasteiger partial charge is 0.481 e. The lowest BCUT2D eigenvalue weighted by atomic mass is 9.98. The number of thiol groups is 1. The number of benzene rings is 1. The van der Waals surface area contributed by atoms with E-state index in [0.29, 0.717) is 11.6 Å². The Morgan fingerprint density at radius 1 is 1.33 bits per heavy atom. The van der Waals surface area contributed by atoms with Gasteiger partial charge in [-0.3, -0.25) is 4.72 Å². The van der Waals surface area contributed by atoms with E-state index >= 15 is 0 Å². The van der Waals surface area contributed by atoms with Crippen LogP contribution in [0.3, 0.4) is 0 Å². The molecule has 1 unspecified atom stereocenters. The van der Waals surface area contributed by atoms with Gasteiger partial charge in [-0.05, 0) is 42.0 Å². The summed E-state index contributed by atoms with van der Waals surface area (Å²) in [6.07, 6.45) is 4.51. The molecule has 1 aromatic heterocycles. The van der Waals surface area contributed by atoms with Gasteiger partial charge in [0.1, 0.15) is 10.8 Å². The Labute approximate surface area is 141 Å².